The van der Waals surface area contributed by atoms with Crippen LogP contribution in [-0.2, 0) is 0 Å². The Hall–Kier alpha value is -0.570. The molecule has 2 rings (SSSR count). The first-order valence-electron chi connectivity index (χ1n) is 5.34. The van der Waals surface area contributed by atoms with E-state index in [1.165, 1.54) is 0 Å². The average molecular weight is 226 g/mol. The Bertz CT molecular complexity index is 332. The van der Waals surface area contributed by atoms with E-state index in [9.17, 15) is 5.11 Å². The molecule has 0 unspecified atom stereocenters. The highest BCUT2D eigenvalue weighted by atomic mass is 35.5. The molecule has 15 heavy (non-hydrogen) atoms. The molecular formula is C12H16ClNO. The van der Waals surface area contributed by atoms with Crippen molar-refractivity contribution in [3.8, 4) is 0 Å². The number of benzene rings is 1. The highest BCUT2D eigenvalue weighted by Crippen LogP contribution is 2.27. The summed E-state index contributed by atoms with van der Waals surface area (Å²) in [5, 5.41) is 13.9. The normalized spacial score (nSPS) is 31.5. The smallest absolute Gasteiger partial charge is 0.0573 e. The molecule has 2 N–H and O–H groups in total. The fraction of sp³-hybridized carbons (Fsp3) is 0.500. The van der Waals surface area contributed by atoms with Crippen molar-refractivity contribution in [1.82, 2.24) is 5.32 Å². The van der Waals surface area contributed by atoms with Crippen LogP contribution in [0.1, 0.15) is 31.4 Å². The number of nitrogens with one attached hydrogen (secondary N) is 1. The van der Waals surface area contributed by atoms with Gasteiger partial charge in [-0.15, -0.1) is 0 Å². The van der Waals surface area contributed by atoms with E-state index in [1.807, 2.05) is 24.3 Å². The lowest BCUT2D eigenvalue weighted by molar-refractivity contribution is 0.0975. The number of halogens is 1. The van der Waals surface area contributed by atoms with Crippen molar-refractivity contribution in [2.45, 2.75) is 38.0 Å². The lowest BCUT2D eigenvalue weighted by atomic mass is 9.92. The maximum Gasteiger partial charge on any atom is 0.0573 e. The summed E-state index contributed by atoms with van der Waals surface area (Å²) in [6.45, 7) is 2.10. The summed E-state index contributed by atoms with van der Waals surface area (Å²) >= 11 is 5.95. The summed E-state index contributed by atoms with van der Waals surface area (Å²) in [5.74, 6) is 0. The van der Waals surface area contributed by atoms with Crippen molar-refractivity contribution in [3.05, 3.63) is 34.9 Å². The van der Waals surface area contributed by atoms with Crippen LogP contribution in [-0.4, -0.2) is 17.3 Å². The van der Waals surface area contributed by atoms with Gasteiger partial charge in [-0.1, -0.05) is 23.7 Å². The Balaban J connectivity index is 2.16. The third-order valence-electron chi connectivity index (χ3n) is 2.87. The monoisotopic (exact) mass is 225 g/mol. The van der Waals surface area contributed by atoms with Crippen LogP contribution in [0.15, 0.2) is 24.3 Å². The van der Waals surface area contributed by atoms with Crippen LogP contribution in [0.4, 0.5) is 0 Å². The van der Waals surface area contributed by atoms with Crippen LogP contribution in [0.2, 0.25) is 5.02 Å². The van der Waals surface area contributed by atoms with Crippen LogP contribution in [0.5, 0.6) is 0 Å². The van der Waals surface area contributed by atoms with Gasteiger partial charge >= 0.3 is 0 Å². The first-order chi connectivity index (χ1) is 7.15. The molecule has 82 valence electrons. The molecule has 1 aliphatic heterocycles. The molecule has 0 bridgehead atoms. The topological polar surface area (TPSA) is 32.3 Å². The molecule has 1 saturated heterocycles. The van der Waals surface area contributed by atoms with Crippen molar-refractivity contribution >= 4 is 11.6 Å². The van der Waals surface area contributed by atoms with E-state index in [2.05, 4.69) is 12.2 Å². The zero-order valence-electron chi connectivity index (χ0n) is 8.78. The fourth-order valence-electron chi connectivity index (χ4n) is 2.21. The summed E-state index contributed by atoms with van der Waals surface area (Å²) in [7, 11) is 0. The van der Waals surface area contributed by atoms with Crippen molar-refractivity contribution < 1.29 is 5.11 Å². The SMILES string of the molecule is C[C@@H]1C[C@@H](O)C[C@H](c2cccc(Cl)c2)N1. The minimum absolute atomic E-state index is 0.203. The Kier molecular flexibility index (Phi) is 3.29. The van der Waals surface area contributed by atoms with Crippen LogP contribution in [0.25, 0.3) is 0 Å². The van der Waals surface area contributed by atoms with Gasteiger partial charge in [-0.2, -0.15) is 0 Å². The summed E-state index contributed by atoms with van der Waals surface area (Å²) in [4.78, 5) is 0. The van der Waals surface area contributed by atoms with Gasteiger partial charge in [-0.25, -0.2) is 0 Å². The molecule has 2 nitrogen and oxygen atoms in total. The Morgan fingerprint density at radius 3 is 2.87 bits per heavy atom. The molecule has 0 spiro atoms. The third-order valence-corrected chi connectivity index (χ3v) is 3.11. The van der Waals surface area contributed by atoms with E-state index in [4.69, 9.17) is 11.6 Å². The van der Waals surface area contributed by atoms with Gasteiger partial charge in [-0.3, -0.25) is 0 Å². The van der Waals surface area contributed by atoms with Gasteiger partial charge < -0.3 is 10.4 Å². The highest BCUT2D eigenvalue weighted by Gasteiger charge is 2.25. The first kappa shape index (κ1) is 10.9. The quantitative estimate of drug-likeness (QED) is 0.770. The van der Waals surface area contributed by atoms with E-state index in [0.29, 0.717) is 6.04 Å². The van der Waals surface area contributed by atoms with E-state index >= 15 is 0 Å². The van der Waals surface area contributed by atoms with E-state index in [0.717, 1.165) is 23.4 Å². The zero-order chi connectivity index (χ0) is 10.8. The van der Waals surface area contributed by atoms with Crippen LogP contribution in [0.3, 0.4) is 0 Å². The maximum absolute atomic E-state index is 9.71. The molecule has 1 fully saturated rings. The van der Waals surface area contributed by atoms with Gasteiger partial charge in [0.1, 0.15) is 0 Å². The van der Waals surface area contributed by atoms with Crippen molar-refractivity contribution in [3.63, 3.8) is 0 Å². The standard InChI is InChI=1S/C12H16ClNO/c1-8-5-11(15)7-12(14-8)9-3-2-4-10(13)6-9/h2-4,6,8,11-12,14-15H,5,7H2,1H3/t8-,11-,12-/m1/s1. The molecule has 1 aromatic rings. The van der Waals surface area contributed by atoms with E-state index in [-0.39, 0.29) is 12.1 Å². The van der Waals surface area contributed by atoms with Gasteiger partial charge in [0.05, 0.1) is 6.10 Å². The second-order valence-electron chi connectivity index (χ2n) is 4.30. The molecule has 0 aliphatic carbocycles. The van der Waals surface area contributed by atoms with Crippen LogP contribution in [0, 0.1) is 0 Å². The largest absolute Gasteiger partial charge is 0.393 e. The Morgan fingerprint density at radius 2 is 2.20 bits per heavy atom. The second-order valence-corrected chi connectivity index (χ2v) is 4.74. The predicted molar refractivity (Wildman–Crippen MR) is 62.0 cm³/mol. The molecular weight excluding hydrogens is 210 g/mol. The lowest BCUT2D eigenvalue weighted by Gasteiger charge is -2.32. The number of hydrogen-bond acceptors (Lipinski definition) is 2. The summed E-state index contributed by atoms with van der Waals surface area (Å²) in [6.07, 6.45) is 1.40. The summed E-state index contributed by atoms with van der Waals surface area (Å²) in [5.41, 5.74) is 1.16. The first-order valence-corrected chi connectivity index (χ1v) is 5.72. The second kappa shape index (κ2) is 4.52. The Morgan fingerprint density at radius 1 is 1.40 bits per heavy atom. The van der Waals surface area contributed by atoms with Gasteiger partial charge in [0.2, 0.25) is 0 Å². The van der Waals surface area contributed by atoms with Gasteiger partial charge in [-0.05, 0) is 37.5 Å². The highest BCUT2D eigenvalue weighted by molar-refractivity contribution is 6.30. The van der Waals surface area contributed by atoms with Crippen molar-refractivity contribution in [1.29, 1.82) is 0 Å². The van der Waals surface area contributed by atoms with Crippen molar-refractivity contribution in [2.24, 2.45) is 0 Å². The van der Waals surface area contributed by atoms with Gasteiger partial charge in [0.15, 0.2) is 0 Å². The average Bonchev–Trinajstić information content (AvgIpc) is 2.16. The molecule has 1 aromatic carbocycles. The minimum Gasteiger partial charge on any atom is -0.393 e. The molecule has 0 saturated carbocycles. The van der Waals surface area contributed by atoms with Crippen LogP contribution >= 0.6 is 11.6 Å². The van der Waals surface area contributed by atoms with E-state index < -0.39 is 0 Å². The van der Waals surface area contributed by atoms with Gasteiger partial charge in [0.25, 0.3) is 0 Å². The number of aliphatic hydroxyl groups is 1. The fourth-order valence-corrected chi connectivity index (χ4v) is 2.41. The molecule has 0 radical (unpaired) electrons. The van der Waals surface area contributed by atoms with Crippen LogP contribution < -0.4 is 5.32 Å². The predicted octanol–water partition coefficient (Wildman–Crippen LogP) is 2.51. The van der Waals surface area contributed by atoms with Gasteiger partial charge in [0, 0.05) is 17.1 Å². The third kappa shape index (κ3) is 2.71. The number of rotatable bonds is 1. The van der Waals surface area contributed by atoms with Crippen molar-refractivity contribution in [2.75, 3.05) is 0 Å². The summed E-state index contributed by atoms with van der Waals surface area (Å²) < 4.78 is 0. The van der Waals surface area contributed by atoms with E-state index in [1.54, 1.807) is 0 Å². The minimum atomic E-state index is -0.203. The molecule has 1 heterocycles. The number of piperidine rings is 1. The lowest BCUT2D eigenvalue weighted by Crippen LogP contribution is -2.40. The molecule has 0 aromatic heterocycles. The maximum atomic E-state index is 9.71. The molecule has 3 atom stereocenters. The zero-order valence-corrected chi connectivity index (χ0v) is 9.54. The molecule has 0 amide bonds. The molecule has 1 aliphatic rings. The Labute approximate surface area is 95.3 Å². The number of aliphatic hydroxyl groups excluding tert-OH is 1. The summed E-state index contributed by atoms with van der Waals surface area (Å²) in [6, 6.07) is 8.41. The number of hydrogen-bond donors (Lipinski definition) is 2. The molecule has 3 heteroatoms.